The number of fused-ring (bicyclic) bond motifs is 7. The number of rotatable bonds is 6. The summed E-state index contributed by atoms with van der Waals surface area (Å²) in [7, 11) is 0. The molecule has 0 fully saturated rings. The Hall–Kier alpha value is -6.96. The van der Waals surface area contributed by atoms with Gasteiger partial charge >= 0.3 is 0 Å². The van der Waals surface area contributed by atoms with Gasteiger partial charge in [0.15, 0.2) is 0 Å². The third kappa shape index (κ3) is 5.10. The summed E-state index contributed by atoms with van der Waals surface area (Å²) in [5.41, 5.74) is 19.8. The molecular weight excluding hydrogens is 699 g/mol. The van der Waals surface area contributed by atoms with Gasteiger partial charge in [-0.25, -0.2) is 0 Å². The Labute approximate surface area is 341 Å². The first-order valence-electron chi connectivity index (χ1n) is 20.4. The minimum absolute atomic E-state index is 0.154. The lowest BCUT2D eigenvalue weighted by Gasteiger charge is -2.32. The van der Waals surface area contributed by atoms with E-state index in [-0.39, 0.29) is 10.8 Å². The molecule has 0 amide bonds. The van der Waals surface area contributed by atoms with Crippen LogP contribution in [-0.4, -0.2) is 0 Å². The van der Waals surface area contributed by atoms with Crippen molar-refractivity contribution < 1.29 is 0 Å². The summed E-state index contributed by atoms with van der Waals surface area (Å²) in [4.78, 5) is 2.49. The van der Waals surface area contributed by atoms with Crippen LogP contribution >= 0.6 is 0 Å². The van der Waals surface area contributed by atoms with Crippen LogP contribution in [-0.2, 0) is 10.8 Å². The molecule has 0 spiro atoms. The third-order valence-corrected chi connectivity index (χ3v) is 13.1. The molecule has 0 bridgehead atoms. The highest BCUT2D eigenvalue weighted by Crippen LogP contribution is 2.56. The van der Waals surface area contributed by atoms with Gasteiger partial charge in [-0.15, -0.1) is 0 Å². The highest BCUT2D eigenvalue weighted by molar-refractivity contribution is 5.96. The van der Waals surface area contributed by atoms with Crippen molar-refractivity contribution in [3.63, 3.8) is 0 Å². The molecule has 0 saturated carbocycles. The van der Waals surface area contributed by atoms with Crippen molar-refractivity contribution in [1.29, 1.82) is 0 Å². The summed E-state index contributed by atoms with van der Waals surface area (Å²) in [5, 5.41) is 2.51. The van der Waals surface area contributed by atoms with Gasteiger partial charge < -0.3 is 4.90 Å². The van der Waals surface area contributed by atoms with Gasteiger partial charge in [0, 0.05) is 27.8 Å². The average Bonchev–Trinajstić information content (AvgIpc) is 3.68. The first kappa shape index (κ1) is 34.3. The lowest BCUT2D eigenvalue weighted by molar-refractivity contribution is 0.662. The van der Waals surface area contributed by atoms with E-state index < -0.39 is 0 Å². The van der Waals surface area contributed by atoms with E-state index in [0.717, 1.165) is 17.1 Å². The summed E-state index contributed by atoms with van der Waals surface area (Å²) in [6.45, 7) is 7.17. The van der Waals surface area contributed by atoms with E-state index >= 15 is 0 Å². The van der Waals surface area contributed by atoms with Crippen LogP contribution in [0.3, 0.4) is 0 Å². The van der Waals surface area contributed by atoms with Gasteiger partial charge in [0.05, 0.1) is 5.69 Å². The first-order chi connectivity index (χ1) is 28.4. The highest BCUT2D eigenvalue weighted by Gasteiger charge is 2.41. The number of anilines is 3. The van der Waals surface area contributed by atoms with Gasteiger partial charge in [-0.2, -0.15) is 0 Å². The van der Waals surface area contributed by atoms with Crippen LogP contribution in [0.1, 0.15) is 48.6 Å². The fraction of sp³-hybridized carbons (Fsp3) is 0.0877. The molecule has 1 atom stereocenters. The van der Waals surface area contributed by atoms with E-state index in [1.807, 2.05) is 0 Å². The minimum Gasteiger partial charge on any atom is -0.310 e. The largest absolute Gasteiger partial charge is 0.310 e. The van der Waals surface area contributed by atoms with Crippen molar-refractivity contribution in [2.24, 2.45) is 0 Å². The van der Waals surface area contributed by atoms with E-state index in [0.29, 0.717) is 0 Å². The zero-order valence-electron chi connectivity index (χ0n) is 33.1. The molecule has 9 aromatic carbocycles. The van der Waals surface area contributed by atoms with Crippen LogP contribution in [0.25, 0.3) is 55.3 Å². The number of hydrogen-bond acceptors (Lipinski definition) is 1. The molecule has 0 N–H and O–H groups in total. The molecule has 1 heteroatoms. The molecule has 0 aliphatic heterocycles. The Morgan fingerprint density at radius 2 is 0.897 bits per heavy atom. The van der Waals surface area contributed by atoms with Crippen molar-refractivity contribution in [1.82, 2.24) is 0 Å². The van der Waals surface area contributed by atoms with E-state index in [1.165, 1.54) is 83.1 Å². The highest BCUT2D eigenvalue weighted by atomic mass is 15.1. The van der Waals surface area contributed by atoms with Crippen molar-refractivity contribution in [3.05, 3.63) is 234 Å². The lowest BCUT2D eigenvalue weighted by atomic mass is 9.74. The molecule has 0 radical (unpaired) electrons. The molecule has 9 aromatic rings. The Morgan fingerprint density at radius 3 is 1.67 bits per heavy atom. The van der Waals surface area contributed by atoms with E-state index in [9.17, 15) is 0 Å². The van der Waals surface area contributed by atoms with Crippen LogP contribution in [0.2, 0.25) is 0 Å². The predicted molar refractivity (Wildman–Crippen MR) is 245 cm³/mol. The quantitative estimate of drug-likeness (QED) is 0.164. The van der Waals surface area contributed by atoms with Crippen LogP contribution < -0.4 is 4.90 Å². The molecule has 11 rings (SSSR count). The molecule has 2 aliphatic carbocycles. The van der Waals surface area contributed by atoms with E-state index in [4.69, 9.17) is 0 Å². The maximum Gasteiger partial charge on any atom is 0.0540 e. The first-order valence-corrected chi connectivity index (χ1v) is 20.4. The summed E-state index contributed by atoms with van der Waals surface area (Å²) in [6.07, 6.45) is 0. The van der Waals surface area contributed by atoms with Gasteiger partial charge in [-0.05, 0) is 121 Å². The van der Waals surface area contributed by atoms with Crippen LogP contribution in [0.15, 0.2) is 206 Å². The zero-order valence-corrected chi connectivity index (χ0v) is 33.1. The van der Waals surface area contributed by atoms with Gasteiger partial charge in [0.2, 0.25) is 0 Å². The molecule has 0 saturated heterocycles. The molecule has 1 unspecified atom stereocenters. The zero-order chi connectivity index (χ0) is 39.0. The normalized spacial score (nSPS) is 15.7. The molecule has 1 nitrogen and oxygen atoms in total. The SMILES string of the molecule is CC1(C)c2ccccc2-c2cccc(-c3ccccc3N(c3ccc(-c4ccc5ccccc5c4)cc3)c3ccc4c(c3)C(C)(c3ccccc3)c3ccccc3-4)c21. The molecule has 0 aromatic heterocycles. The van der Waals surface area contributed by atoms with Crippen LogP contribution in [0.4, 0.5) is 17.1 Å². The van der Waals surface area contributed by atoms with Gasteiger partial charge in [0.1, 0.15) is 0 Å². The monoisotopic (exact) mass is 741 g/mol. The number of benzene rings is 9. The van der Waals surface area contributed by atoms with E-state index in [2.05, 4.69) is 232 Å². The maximum atomic E-state index is 2.49. The number of nitrogens with zero attached hydrogens (tertiary/aromatic N) is 1. The minimum atomic E-state index is -0.315. The number of para-hydroxylation sites is 1. The van der Waals surface area contributed by atoms with Crippen LogP contribution in [0.5, 0.6) is 0 Å². The Balaban J connectivity index is 1.12. The standard InChI is InChI=1S/C57H43N/c1-56(2)51-25-12-9-21-46(51)49-23-15-24-50(55(49)56)48-22-11-14-27-54(48)58(43-32-30-39(31-33-43)41-29-28-38-16-7-8-17-40(38)36-41)44-34-35-47-45-20-10-13-26-52(45)57(3,53(47)37-44)42-18-5-4-6-19-42/h4-37H,1-3H3. The van der Waals surface area contributed by atoms with Crippen LogP contribution in [0, 0.1) is 0 Å². The van der Waals surface area contributed by atoms with Gasteiger partial charge in [-0.1, -0.05) is 184 Å². The summed E-state index contributed by atoms with van der Waals surface area (Å²) in [5.74, 6) is 0. The summed E-state index contributed by atoms with van der Waals surface area (Å²) >= 11 is 0. The fourth-order valence-electron chi connectivity index (χ4n) is 10.3. The number of hydrogen-bond donors (Lipinski definition) is 0. The second-order valence-corrected chi connectivity index (χ2v) is 16.6. The Morgan fingerprint density at radius 1 is 0.345 bits per heavy atom. The molecule has 0 heterocycles. The lowest BCUT2D eigenvalue weighted by Crippen LogP contribution is -2.23. The van der Waals surface area contributed by atoms with Gasteiger partial charge in [0.25, 0.3) is 0 Å². The van der Waals surface area contributed by atoms with Crippen molar-refractivity contribution in [3.8, 4) is 44.5 Å². The smallest absolute Gasteiger partial charge is 0.0540 e. The summed E-state index contributed by atoms with van der Waals surface area (Å²) in [6, 6.07) is 76.5. The fourth-order valence-corrected chi connectivity index (χ4v) is 10.3. The maximum absolute atomic E-state index is 2.49. The Kier molecular flexibility index (Phi) is 7.72. The van der Waals surface area contributed by atoms with Crippen molar-refractivity contribution in [2.45, 2.75) is 31.6 Å². The second kappa shape index (κ2) is 13.0. The molecule has 276 valence electrons. The summed E-state index contributed by atoms with van der Waals surface area (Å²) < 4.78 is 0. The molecule has 58 heavy (non-hydrogen) atoms. The molecule has 2 aliphatic rings. The van der Waals surface area contributed by atoms with Gasteiger partial charge in [-0.3, -0.25) is 0 Å². The topological polar surface area (TPSA) is 3.24 Å². The third-order valence-electron chi connectivity index (χ3n) is 13.1. The predicted octanol–water partition coefficient (Wildman–Crippen LogP) is 15.3. The average molecular weight is 742 g/mol. The second-order valence-electron chi connectivity index (χ2n) is 16.6. The van der Waals surface area contributed by atoms with E-state index in [1.54, 1.807) is 0 Å². The molecular formula is C57H43N. The van der Waals surface area contributed by atoms with Crippen molar-refractivity contribution >= 4 is 27.8 Å². The Bertz CT molecular complexity index is 3040. The van der Waals surface area contributed by atoms with Crippen molar-refractivity contribution in [2.75, 3.05) is 4.90 Å².